The average Bonchev–Trinajstić information content (AvgIpc) is 3.08. The van der Waals surface area contributed by atoms with Gasteiger partial charge in [-0.1, -0.05) is 12.1 Å². The molecule has 0 amide bonds. The van der Waals surface area contributed by atoms with E-state index < -0.39 is 4.87 Å². The number of esters is 1. The van der Waals surface area contributed by atoms with Crippen molar-refractivity contribution in [2.75, 3.05) is 32.6 Å². The fraction of sp³-hybridized carbons (Fsp3) is 0.529. The number of ether oxygens (including phenoxy) is 3. The molecule has 6 nitrogen and oxygen atoms in total. The van der Waals surface area contributed by atoms with Crippen LogP contribution >= 0.6 is 11.8 Å². The maximum atomic E-state index is 12.6. The normalized spacial score (nSPS) is 19.8. The van der Waals surface area contributed by atoms with E-state index in [2.05, 4.69) is 5.32 Å². The predicted octanol–water partition coefficient (Wildman–Crippen LogP) is 2.02. The van der Waals surface area contributed by atoms with Gasteiger partial charge in [-0.15, -0.1) is 11.8 Å². The third-order valence-electron chi connectivity index (χ3n) is 3.67. The van der Waals surface area contributed by atoms with Gasteiger partial charge in [0.1, 0.15) is 6.61 Å². The van der Waals surface area contributed by atoms with Gasteiger partial charge in [-0.2, -0.15) is 0 Å². The largest absolute Gasteiger partial charge is 0.493 e. The number of carbonyl (C=O) groups is 2. The summed E-state index contributed by atoms with van der Waals surface area (Å²) in [5.74, 6) is 1.63. The van der Waals surface area contributed by atoms with Crippen LogP contribution in [0.15, 0.2) is 24.3 Å². The number of nitrogens with one attached hydrogen (secondary N) is 1. The molecule has 1 heterocycles. The van der Waals surface area contributed by atoms with Gasteiger partial charge >= 0.3 is 5.97 Å². The lowest BCUT2D eigenvalue weighted by atomic mass is 10.1. The van der Waals surface area contributed by atoms with Crippen molar-refractivity contribution in [1.29, 1.82) is 0 Å². The molecule has 2 rings (SSSR count). The van der Waals surface area contributed by atoms with Crippen molar-refractivity contribution in [3.05, 3.63) is 24.3 Å². The first kappa shape index (κ1) is 18.6. The third-order valence-corrected chi connectivity index (χ3v) is 5.06. The van der Waals surface area contributed by atoms with E-state index in [1.165, 1.54) is 11.8 Å². The molecule has 1 saturated heterocycles. The molecule has 0 bridgehead atoms. The van der Waals surface area contributed by atoms with Crippen LogP contribution in [-0.2, 0) is 14.3 Å². The first-order valence-electron chi connectivity index (χ1n) is 7.95. The number of Topliss-reactive ketones (excluding diaryl/α,β-unsaturated/α-hetero) is 1. The van der Waals surface area contributed by atoms with E-state index >= 15 is 0 Å². The van der Waals surface area contributed by atoms with Gasteiger partial charge in [-0.05, 0) is 19.1 Å². The molecular formula is C17H23NO5S. The van der Waals surface area contributed by atoms with Gasteiger partial charge in [0.25, 0.3) is 0 Å². The van der Waals surface area contributed by atoms with Crippen molar-refractivity contribution in [2.24, 2.45) is 0 Å². The third kappa shape index (κ3) is 4.64. The Bertz CT molecular complexity index is 572. The maximum absolute atomic E-state index is 12.6. The highest BCUT2D eigenvalue weighted by Gasteiger charge is 2.42. The molecule has 0 aliphatic carbocycles. The molecule has 1 unspecified atom stereocenters. The van der Waals surface area contributed by atoms with Gasteiger partial charge in [0.05, 0.1) is 20.1 Å². The second-order valence-electron chi connectivity index (χ2n) is 5.27. The summed E-state index contributed by atoms with van der Waals surface area (Å²) in [4.78, 5) is 23.3. The van der Waals surface area contributed by atoms with E-state index in [-0.39, 0.29) is 31.2 Å². The van der Waals surface area contributed by atoms with Crippen molar-refractivity contribution in [2.45, 2.75) is 24.6 Å². The van der Waals surface area contributed by atoms with Crippen molar-refractivity contribution in [3.8, 4) is 11.5 Å². The van der Waals surface area contributed by atoms with Crippen molar-refractivity contribution in [1.82, 2.24) is 5.32 Å². The van der Waals surface area contributed by atoms with Crippen LogP contribution < -0.4 is 14.8 Å². The number of benzene rings is 1. The molecule has 0 spiro atoms. The van der Waals surface area contributed by atoms with Gasteiger partial charge in [0.15, 0.2) is 22.2 Å². The monoisotopic (exact) mass is 353 g/mol. The van der Waals surface area contributed by atoms with E-state index in [4.69, 9.17) is 14.2 Å². The fourth-order valence-corrected chi connectivity index (χ4v) is 3.61. The molecule has 1 aliphatic rings. The van der Waals surface area contributed by atoms with Crippen molar-refractivity contribution >= 4 is 23.5 Å². The van der Waals surface area contributed by atoms with E-state index in [1.54, 1.807) is 26.2 Å². The molecule has 132 valence electrons. The first-order valence-corrected chi connectivity index (χ1v) is 8.93. The van der Waals surface area contributed by atoms with E-state index in [0.29, 0.717) is 18.1 Å². The van der Waals surface area contributed by atoms with Crippen LogP contribution in [-0.4, -0.2) is 49.2 Å². The Balaban J connectivity index is 1.99. The van der Waals surface area contributed by atoms with Crippen LogP contribution in [0.3, 0.4) is 0 Å². The number of ketones is 1. The Labute approximate surface area is 146 Å². The number of thioether (sulfide) groups is 1. The predicted molar refractivity (Wildman–Crippen MR) is 92.6 cm³/mol. The number of hydrogen-bond donors (Lipinski definition) is 1. The highest BCUT2D eigenvalue weighted by atomic mass is 32.2. The molecule has 1 aliphatic heterocycles. The molecule has 0 radical (unpaired) electrons. The Hall–Kier alpha value is -1.73. The Morgan fingerprint density at radius 3 is 2.62 bits per heavy atom. The Kier molecular flexibility index (Phi) is 6.93. The smallest absolute Gasteiger partial charge is 0.306 e. The highest BCUT2D eigenvalue weighted by molar-refractivity contribution is 8.01. The minimum atomic E-state index is -0.826. The quantitative estimate of drug-likeness (QED) is 0.681. The van der Waals surface area contributed by atoms with Gasteiger partial charge in [-0.25, -0.2) is 0 Å². The molecule has 7 heteroatoms. The summed E-state index contributed by atoms with van der Waals surface area (Å²) in [6, 6.07) is 7.31. The second kappa shape index (κ2) is 8.94. The SMILES string of the molecule is CCOC(=O)CCC(=O)C1(COc2ccccc2OC)NCCS1. The zero-order chi connectivity index (χ0) is 17.4. The summed E-state index contributed by atoms with van der Waals surface area (Å²) in [6.45, 7) is 2.98. The number of methoxy groups -OCH3 is 1. The Morgan fingerprint density at radius 2 is 2.00 bits per heavy atom. The molecule has 0 saturated carbocycles. The Morgan fingerprint density at radius 1 is 1.25 bits per heavy atom. The number of rotatable bonds is 9. The maximum Gasteiger partial charge on any atom is 0.306 e. The van der Waals surface area contributed by atoms with Gasteiger partial charge < -0.3 is 14.2 Å². The number of carbonyl (C=O) groups excluding carboxylic acids is 2. The van der Waals surface area contributed by atoms with E-state index in [1.807, 2.05) is 12.1 Å². The number of hydrogen-bond acceptors (Lipinski definition) is 7. The van der Waals surface area contributed by atoms with Crippen molar-refractivity contribution in [3.63, 3.8) is 0 Å². The van der Waals surface area contributed by atoms with Crippen LogP contribution in [0.5, 0.6) is 11.5 Å². The van der Waals surface area contributed by atoms with Crippen LogP contribution in [0.2, 0.25) is 0 Å². The van der Waals surface area contributed by atoms with Gasteiger partial charge in [-0.3, -0.25) is 14.9 Å². The van der Waals surface area contributed by atoms with Gasteiger partial charge in [0.2, 0.25) is 0 Å². The lowest BCUT2D eigenvalue weighted by molar-refractivity contribution is -0.144. The standard InChI is InChI=1S/C17H23NO5S/c1-3-22-16(20)9-8-15(19)17(18-10-11-24-17)12-23-14-7-5-4-6-13(14)21-2/h4-7,18H,3,8-12H2,1-2H3. The van der Waals surface area contributed by atoms with Gasteiger partial charge in [0, 0.05) is 18.7 Å². The zero-order valence-corrected chi connectivity index (χ0v) is 14.8. The molecular weight excluding hydrogens is 330 g/mol. The second-order valence-corrected chi connectivity index (χ2v) is 6.66. The lowest BCUT2D eigenvalue weighted by Crippen LogP contribution is -2.50. The summed E-state index contributed by atoms with van der Waals surface area (Å²) < 4.78 is 16.0. The summed E-state index contributed by atoms with van der Waals surface area (Å²) in [7, 11) is 1.57. The van der Waals surface area contributed by atoms with Crippen LogP contribution in [0.4, 0.5) is 0 Å². The molecule has 24 heavy (non-hydrogen) atoms. The minimum absolute atomic E-state index is 0.0482. The topological polar surface area (TPSA) is 73.9 Å². The van der Waals surface area contributed by atoms with Crippen molar-refractivity contribution < 1.29 is 23.8 Å². The van der Waals surface area contributed by atoms with E-state index in [0.717, 1.165) is 12.3 Å². The van der Waals surface area contributed by atoms with Crippen LogP contribution in [0.25, 0.3) is 0 Å². The molecule has 0 aromatic heterocycles. The summed E-state index contributed by atoms with van der Waals surface area (Å²) in [5, 5.41) is 3.23. The molecule has 1 aromatic rings. The van der Waals surface area contributed by atoms with Crippen LogP contribution in [0, 0.1) is 0 Å². The number of para-hydroxylation sites is 2. The summed E-state index contributed by atoms with van der Waals surface area (Å²) >= 11 is 1.52. The highest BCUT2D eigenvalue weighted by Crippen LogP contribution is 2.33. The average molecular weight is 353 g/mol. The molecule has 1 aromatic carbocycles. The van der Waals surface area contributed by atoms with Crippen LogP contribution in [0.1, 0.15) is 19.8 Å². The summed E-state index contributed by atoms with van der Waals surface area (Å²) in [6.07, 6.45) is 0.222. The van der Waals surface area contributed by atoms with E-state index in [9.17, 15) is 9.59 Å². The zero-order valence-electron chi connectivity index (χ0n) is 14.0. The molecule has 1 fully saturated rings. The lowest BCUT2D eigenvalue weighted by Gasteiger charge is -2.27. The fourth-order valence-electron chi connectivity index (χ4n) is 2.45. The summed E-state index contributed by atoms with van der Waals surface area (Å²) in [5.41, 5.74) is 0. The minimum Gasteiger partial charge on any atom is -0.493 e. The molecule has 1 atom stereocenters. The molecule has 1 N–H and O–H groups in total. The first-order chi connectivity index (χ1) is 11.6.